The van der Waals surface area contributed by atoms with Crippen LogP contribution in [0.25, 0.3) is 11.1 Å². The molecule has 4 amide bonds. The number of rotatable bonds is 12. The Balaban J connectivity index is 1.10. The van der Waals surface area contributed by atoms with Gasteiger partial charge in [-0.25, -0.2) is 14.6 Å². The highest BCUT2D eigenvalue weighted by atomic mass is 35.5. The summed E-state index contributed by atoms with van der Waals surface area (Å²) < 4.78 is 17.6. The van der Waals surface area contributed by atoms with Crippen LogP contribution in [0.2, 0.25) is 23.2 Å². The predicted octanol–water partition coefficient (Wildman–Crippen LogP) is 10.7. The molecule has 2 aromatic carbocycles. The average molecular weight is 955 g/mol. The molecule has 0 bridgehead atoms. The third-order valence-corrected chi connectivity index (χ3v) is 17.5. The fourth-order valence-electron chi connectivity index (χ4n) is 7.69. The molecule has 1 fully saturated rings. The summed E-state index contributed by atoms with van der Waals surface area (Å²) >= 11 is 7.05. The maximum Gasteiger partial charge on any atom is 0.410 e. The van der Waals surface area contributed by atoms with E-state index in [1.165, 1.54) is 0 Å². The van der Waals surface area contributed by atoms with Gasteiger partial charge in [-0.2, -0.15) is 0 Å². The standard InChI is InChI=1S/C51H68ClN7O7Si/c1-32-26-42(54-43-31-57(23-22-36(32)43)35-29-59(30-35)48(63)66-50(6,7)8)46(61)56-40-19-15-17-38(44(40)52)37-16-14-18-39(33(37)2)55-45(60)41-21-20-34(27-53-41)28-58(47(62)65-49(3,4)5)24-25-64-67(12,13)51(9,10)11/h14-21,26-27,35H,22-25,28-31H2,1-13H3,(H,55,60)(H,56,61). The van der Waals surface area contributed by atoms with E-state index in [4.69, 9.17) is 30.5 Å². The molecular weight excluding hydrogens is 886 g/mol. The molecule has 0 saturated carbocycles. The molecule has 0 spiro atoms. The van der Waals surface area contributed by atoms with E-state index >= 15 is 0 Å². The summed E-state index contributed by atoms with van der Waals surface area (Å²) in [6.45, 7) is 29.4. The Morgan fingerprint density at radius 1 is 0.836 bits per heavy atom. The first kappa shape index (κ1) is 51.0. The van der Waals surface area contributed by atoms with Crippen LogP contribution in [-0.4, -0.2) is 107 Å². The highest BCUT2D eigenvalue weighted by Crippen LogP contribution is 2.39. The summed E-state index contributed by atoms with van der Waals surface area (Å²) in [7, 11) is -2.03. The van der Waals surface area contributed by atoms with E-state index in [1.54, 1.807) is 34.2 Å². The number of ether oxygens (including phenoxy) is 2. The third-order valence-electron chi connectivity index (χ3n) is 12.5. The molecule has 2 aliphatic heterocycles. The fourth-order valence-corrected chi connectivity index (χ4v) is 9.00. The number of benzene rings is 2. The number of carbonyl (C=O) groups is 4. The number of pyridine rings is 2. The Bertz CT molecular complexity index is 2490. The van der Waals surface area contributed by atoms with E-state index in [0.29, 0.717) is 54.7 Å². The van der Waals surface area contributed by atoms with Crippen LogP contribution in [0, 0.1) is 13.8 Å². The van der Waals surface area contributed by atoms with E-state index in [1.807, 2.05) is 91.8 Å². The number of nitrogens with one attached hydrogen (secondary N) is 2. The topological polar surface area (TPSA) is 156 Å². The van der Waals surface area contributed by atoms with Crippen LogP contribution in [0.1, 0.15) is 111 Å². The molecule has 2 aromatic heterocycles. The van der Waals surface area contributed by atoms with Crippen molar-refractivity contribution in [3.8, 4) is 11.1 Å². The number of amides is 4. The van der Waals surface area contributed by atoms with Gasteiger partial charge in [0.1, 0.15) is 22.6 Å². The first-order chi connectivity index (χ1) is 31.2. The lowest BCUT2D eigenvalue weighted by molar-refractivity contribution is -0.0183. The molecule has 16 heteroatoms. The zero-order valence-electron chi connectivity index (χ0n) is 41.5. The number of hydrogen-bond acceptors (Lipinski definition) is 10. The lowest BCUT2D eigenvalue weighted by Crippen LogP contribution is -2.62. The van der Waals surface area contributed by atoms with Crippen LogP contribution in [0.3, 0.4) is 0 Å². The Morgan fingerprint density at radius 2 is 1.46 bits per heavy atom. The van der Waals surface area contributed by atoms with Crippen molar-refractivity contribution in [1.82, 2.24) is 24.7 Å². The number of fused-ring (bicyclic) bond motifs is 1. The minimum absolute atomic E-state index is 0.0293. The molecule has 4 aromatic rings. The number of carbonyl (C=O) groups excluding carboxylic acids is 4. The number of likely N-dealkylation sites (tertiary alicyclic amines) is 1. The molecule has 67 heavy (non-hydrogen) atoms. The van der Waals surface area contributed by atoms with Gasteiger partial charge in [0.05, 0.1) is 29.6 Å². The summed E-state index contributed by atoms with van der Waals surface area (Å²) in [5.41, 5.74) is 6.21. The van der Waals surface area contributed by atoms with Crippen LogP contribution in [0.5, 0.6) is 0 Å². The molecule has 0 radical (unpaired) electrons. The van der Waals surface area contributed by atoms with Crippen molar-refractivity contribution in [1.29, 1.82) is 0 Å². The molecule has 1 saturated heterocycles. The Kier molecular flexibility index (Phi) is 15.3. The van der Waals surface area contributed by atoms with E-state index < -0.39 is 31.5 Å². The van der Waals surface area contributed by atoms with Crippen LogP contribution in [0.4, 0.5) is 21.0 Å². The van der Waals surface area contributed by atoms with Crippen molar-refractivity contribution in [3.63, 3.8) is 0 Å². The lowest BCUT2D eigenvalue weighted by Gasteiger charge is -2.46. The molecular formula is C51H68ClN7O7Si. The fraction of sp³-hybridized carbons (Fsp3) is 0.490. The van der Waals surface area contributed by atoms with E-state index in [-0.39, 0.29) is 41.0 Å². The van der Waals surface area contributed by atoms with Gasteiger partial charge < -0.3 is 34.3 Å². The summed E-state index contributed by atoms with van der Waals surface area (Å²) in [5.74, 6) is -0.789. The summed E-state index contributed by atoms with van der Waals surface area (Å²) in [4.78, 5) is 68.2. The smallest absolute Gasteiger partial charge is 0.410 e. The summed E-state index contributed by atoms with van der Waals surface area (Å²) in [5, 5.41) is 6.36. The van der Waals surface area contributed by atoms with Gasteiger partial charge in [0.15, 0.2) is 8.32 Å². The van der Waals surface area contributed by atoms with Gasteiger partial charge in [-0.05, 0) is 132 Å². The molecule has 2 aliphatic rings. The van der Waals surface area contributed by atoms with Gasteiger partial charge in [0.2, 0.25) is 0 Å². The summed E-state index contributed by atoms with van der Waals surface area (Å²) in [6.07, 6.45) is 1.65. The Hall–Kier alpha value is -5.35. The Labute approximate surface area is 402 Å². The maximum atomic E-state index is 13.8. The monoisotopic (exact) mass is 953 g/mol. The van der Waals surface area contributed by atoms with Crippen LogP contribution < -0.4 is 10.6 Å². The number of nitrogens with zero attached hydrogens (tertiary/aromatic N) is 5. The number of anilines is 2. The third kappa shape index (κ3) is 12.8. The van der Waals surface area contributed by atoms with Crippen molar-refractivity contribution in [2.45, 2.75) is 131 Å². The second kappa shape index (κ2) is 20.1. The minimum atomic E-state index is -2.03. The van der Waals surface area contributed by atoms with Crippen LogP contribution >= 0.6 is 11.6 Å². The van der Waals surface area contributed by atoms with Crippen molar-refractivity contribution in [2.24, 2.45) is 0 Å². The SMILES string of the molecule is Cc1cc(C(=O)Nc2cccc(-c3cccc(NC(=O)c4ccc(CN(CCO[Si](C)(C)C(C)(C)C)C(=O)OC(C)(C)C)cn4)c3C)c2Cl)nc2c1CCN(C1CN(C(=O)OC(C)(C)C)C1)C2. The second-order valence-corrected chi connectivity index (χ2v) is 26.3. The molecule has 4 heterocycles. The molecule has 0 atom stereocenters. The number of halogens is 1. The zero-order chi connectivity index (χ0) is 49.2. The highest BCUT2D eigenvalue weighted by molar-refractivity contribution is 6.74. The van der Waals surface area contributed by atoms with Gasteiger partial charge in [-0.15, -0.1) is 0 Å². The van der Waals surface area contributed by atoms with Gasteiger partial charge in [-0.1, -0.05) is 62.7 Å². The van der Waals surface area contributed by atoms with E-state index in [2.05, 4.69) is 54.4 Å². The molecule has 14 nitrogen and oxygen atoms in total. The molecule has 360 valence electrons. The van der Waals surface area contributed by atoms with Gasteiger partial charge in [0.25, 0.3) is 11.8 Å². The van der Waals surface area contributed by atoms with Crippen LogP contribution in [0.15, 0.2) is 60.8 Å². The zero-order valence-corrected chi connectivity index (χ0v) is 43.2. The Morgan fingerprint density at radius 3 is 2.09 bits per heavy atom. The van der Waals surface area contributed by atoms with Crippen molar-refractivity contribution in [2.75, 3.05) is 43.4 Å². The summed E-state index contributed by atoms with van der Waals surface area (Å²) in [6, 6.07) is 16.4. The highest BCUT2D eigenvalue weighted by Gasteiger charge is 2.39. The maximum absolute atomic E-state index is 13.8. The number of hydrogen-bond donors (Lipinski definition) is 2. The van der Waals surface area contributed by atoms with Crippen molar-refractivity contribution in [3.05, 3.63) is 105 Å². The normalized spacial score (nSPS) is 14.7. The van der Waals surface area contributed by atoms with E-state index in [0.717, 1.165) is 46.5 Å². The second-order valence-electron chi connectivity index (χ2n) is 21.1. The van der Waals surface area contributed by atoms with Crippen LogP contribution in [-0.2, 0) is 33.4 Å². The van der Waals surface area contributed by atoms with Gasteiger partial charge in [-0.3, -0.25) is 19.5 Å². The molecule has 0 unspecified atom stereocenters. The molecule has 2 N–H and O–H groups in total. The van der Waals surface area contributed by atoms with Gasteiger partial charge in [0, 0.05) is 56.2 Å². The van der Waals surface area contributed by atoms with Gasteiger partial charge >= 0.3 is 12.2 Å². The lowest BCUT2D eigenvalue weighted by atomic mass is 9.96. The van der Waals surface area contributed by atoms with Crippen molar-refractivity contribution >= 4 is 55.3 Å². The minimum Gasteiger partial charge on any atom is -0.444 e. The molecule has 0 aliphatic carbocycles. The average Bonchev–Trinajstić information content (AvgIpc) is 3.20. The quantitative estimate of drug-likeness (QED) is 0.131. The predicted molar refractivity (Wildman–Crippen MR) is 266 cm³/mol. The first-order valence-electron chi connectivity index (χ1n) is 23.0. The first-order valence-corrected chi connectivity index (χ1v) is 26.3. The number of aryl methyl sites for hydroxylation is 1. The molecule has 6 rings (SSSR count). The van der Waals surface area contributed by atoms with E-state index in [9.17, 15) is 19.2 Å². The largest absolute Gasteiger partial charge is 0.444 e. The van der Waals surface area contributed by atoms with Crippen molar-refractivity contribution < 1.29 is 33.1 Å². The number of aromatic nitrogens is 2.